The van der Waals surface area contributed by atoms with E-state index >= 15 is 0 Å². The van der Waals surface area contributed by atoms with Gasteiger partial charge in [-0.15, -0.1) is 0 Å². The highest BCUT2D eigenvalue weighted by Crippen LogP contribution is 0.586. The molecule has 0 unspecified atom stereocenters. The van der Waals surface area contributed by atoms with Gasteiger partial charge in [-0.3, -0.25) is 0 Å². The minimum Gasteiger partial charge on any atom is -1.00 e. The number of hydrogen-bond acceptors (Lipinski definition) is 0. The molecule has 0 heterocycles. The summed E-state index contributed by atoms with van der Waals surface area (Å²) in [7, 11) is 4.00. The van der Waals surface area contributed by atoms with Crippen LogP contribution in [0.2, 0.25) is 0 Å². The minimum atomic E-state index is 0. The molecule has 0 aliphatic rings. The van der Waals surface area contributed by atoms with Crippen molar-refractivity contribution in [2.24, 2.45) is 0 Å². The van der Waals surface area contributed by atoms with Crippen molar-refractivity contribution in [1.82, 2.24) is 0 Å². The third kappa shape index (κ3) is 100. The van der Waals surface area contributed by atoms with Crippen LogP contribution >= 0.6 is 0 Å². The van der Waals surface area contributed by atoms with E-state index in [1.807, 2.05) is 19.4 Å². The Morgan fingerprint density at radius 2 is 1.00 bits per heavy atom. The minimum absolute atomic E-state index is 0. The summed E-state index contributed by atoms with van der Waals surface area (Å²) in [6.07, 6.45) is 0. The van der Waals surface area contributed by atoms with E-state index in [9.17, 15) is 0 Å². The standard InChI is InChI=1S/C2H7N.2ClH/c1-3-2;;/h3H,1-2H3;2*1H/p-1. The molecule has 0 aliphatic carbocycles. The van der Waals surface area contributed by atoms with Crippen molar-refractivity contribution >= 4 is 0 Å². The maximum atomic E-state index is 2.00. The lowest BCUT2D eigenvalue weighted by atomic mass is 11.3. The fraction of sp³-hybridized carbons (Fsp3) is 1.00. The molecular formula is C2H8Cl2N-. The van der Waals surface area contributed by atoms with Gasteiger partial charge in [-0.25, -0.2) is 0 Å². The van der Waals surface area contributed by atoms with Crippen LogP contribution in [0.5, 0.6) is 0 Å². The molecule has 1 nitrogen and oxygen atoms in total. The van der Waals surface area contributed by atoms with Crippen molar-refractivity contribution in [3.8, 4) is 0 Å². The van der Waals surface area contributed by atoms with E-state index in [0.717, 1.165) is 0 Å². The Labute approximate surface area is 45.0 Å². The molecule has 0 atom stereocenters. The molecule has 0 saturated carbocycles. The molecule has 0 spiro atoms. The van der Waals surface area contributed by atoms with Gasteiger partial charge in [0.05, 0.1) is 14.1 Å². The molecule has 2 N–H and O–H groups in total. The molecule has 3 heteroatoms. The van der Waals surface area contributed by atoms with Gasteiger partial charge in [0.15, 0.2) is 0 Å². The van der Waals surface area contributed by atoms with Gasteiger partial charge >= 0.3 is 0 Å². The Bertz CT molecular complexity index is 7.61. The Morgan fingerprint density at radius 1 is 1.00 bits per heavy atom. The van der Waals surface area contributed by atoms with Crippen molar-refractivity contribution in [2.45, 2.75) is 0 Å². The lowest BCUT2D eigenvalue weighted by Crippen LogP contribution is -3.00. The molecule has 0 bridgehead atoms. The van der Waals surface area contributed by atoms with Crippen molar-refractivity contribution in [1.29, 1.82) is 0 Å². The van der Waals surface area contributed by atoms with Crippen molar-refractivity contribution in [3.63, 3.8) is 0 Å². The Kier molecular flexibility index (Phi) is 84.9. The first-order valence-electron chi connectivity index (χ1n) is 1.15. The SMILES string of the molecule is C[NH2+]C.[Cl-].[Cl-]. The van der Waals surface area contributed by atoms with Gasteiger partial charge < -0.3 is 30.1 Å². The lowest BCUT2D eigenvalue weighted by molar-refractivity contribution is -0.597. The molecule has 0 aromatic carbocycles. The molecule has 0 rings (SSSR count). The average molecular weight is 117 g/mol. The van der Waals surface area contributed by atoms with E-state index < -0.39 is 0 Å². The van der Waals surface area contributed by atoms with Crippen LogP contribution in [0.4, 0.5) is 0 Å². The maximum absolute atomic E-state index is 2.00. The van der Waals surface area contributed by atoms with Gasteiger partial charge in [0.25, 0.3) is 0 Å². The van der Waals surface area contributed by atoms with Crippen molar-refractivity contribution in [3.05, 3.63) is 0 Å². The molecule has 36 valence electrons. The van der Waals surface area contributed by atoms with Crippen LogP contribution in [0.25, 0.3) is 0 Å². The van der Waals surface area contributed by atoms with E-state index in [1.54, 1.807) is 0 Å². The van der Waals surface area contributed by atoms with Crippen LogP contribution < -0.4 is 30.1 Å². The maximum Gasteiger partial charge on any atom is 0.0647 e. The van der Waals surface area contributed by atoms with Gasteiger partial charge in [0, 0.05) is 0 Å². The molecule has 0 saturated heterocycles. The summed E-state index contributed by atoms with van der Waals surface area (Å²) >= 11 is 0. The predicted molar refractivity (Wildman–Crippen MR) is 13.8 cm³/mol. The number of rotatable bonds is 0. The summed E-state index contributed by atoms with van der Waals surface area (Å²) in [5, 5.41) is 2.00. The van der Waals surface area contributed by atoms with E-state index in [2.05, 4.69) is 0 Å². The first kappa shape index (κ1) is 17.7. The molecular weight excluding hydrogens is 109 g/mol. The number of quaternary nitrogens is 1. The van der Waals surface area contributed by atoms with Crippen LogP contribution in [-0.2, 0) is 0 Å². The molecule has 5 heavy (non-hydrogen) atoms. The van der Waals surface area contributed by atoms with Crippen molar-refractivity contribution in [2.75, 3.05) is 14.1 Å². The number of nitrogens with two attached hydrogens (primary N) is 1. The first-order chi connectivity index (χ1) is 1.41. The van der Waals surface area contributed by atoms with E-state index in [0.29, 0.717) is 0 Å². The van der Waals surface area contributed by atoms with Crippen LogP contribution in [0.1, 0.15) is 0 Å². The Balaban J connectivity index is -0.0000000200. The smallest absolute Gasteiger partial charge is 0.0647 e. The third-order valence-electron chi connectivity index (χ3n) is 0. The van der Waals surface area contributed by atoms with Gasteiger partial charge in [0.2, 0.25) is 0 Å². The average Bonchev–Trinajstić information content (AvgIpc) is 0.918. The topological polar surface area (TPSA) is 16.6 Å². The Hall–Kier alpha value is 0.540. The summed E-state index contributed by atoms with van der Waals surface area (Å²) < 4.78 is 0. The monoisotopic (exact) mass is 116 g/mol. The van der Waals surface area contributed by atoms with Gasteiger partial charge in [0.1, 0.15) is 0 Å². The second kappa shape index (κ2) is 24.0. The van der Waals surface area contributed by atoms with Crippen molar-refractivity contribution < 1.29 is 30.1 Å². The van der Waals surface area contributed by atoms with Gasteiger partial charge in [-0.2, -0.15) is 0 Å². The first-order valence-corrected chi connectivity index (χ1v) is 1.15. The fourth-order valence-corrected chi connectivity index (χ4v) is 0. The normalized spacial score (nSPS) is 3.60. The van der Waals surface area contributed by atoms with E-state index in [-0.39, 0.29) is 24.8 Å². The van der Waals surface area contributed by atoms with Crippen LogP contribution in [0.15, 0.2) is 0 Å². The molecule has 0 amide bonds. The summed E-state index contributed by atoms with van der Waals surface area (Å²) in [6.45, 7) is 0. The molecule has 0 aliphatic heterocycles. The summed E-state index contributed by atoms with van der Waals surface area (Å²) in [5.74, 6) is 0. The quantitative estimate of drug-likeness (QED) is 0.324. The zero-order chi connectivity index (χ0) is 2.71. The van der Waals surface area contributed by atoms with Crippen LogP contribution in [-0.4, -0.2) is 14.1 Å². The lowest BCUT2D eigenvalue weighted by Gasteiger charge is -1.57. The largest absolute Gasteiger partial charge is 1.00 e. The zero-order valence-electron chi connectivity index (χ0n) is 3.33. The summed E-state index contributed by atoms with van der Waals surface area (Å²) in [4.78, 5) is 0. The van der Waals surface area contributed by atoms with Crippen LogP contribution in [0, 0.1) is 0 Å². The van der Waals surface area contributed by atoms with Gasteiger partial charge in [-0.05, 0) is 0 Å². The third-order valence-corrected chi connectivity index (χ3v) is 0. The molecule has 0 fully saturated rings. The Morgan fingerprint density at radius 3 is 1.00 bits per heavy atom. The molecule has 0 aromatic heterocycles. The van der Waals surface area contributed by atoms with E-state index in [4.69, 9.17) is 0 Å². The highest BCUT2D eigenvalue weighted by Gasteiger charge is 1.29. The zero-order valence-corrected chi connectivity index (χ0v) is 4.85. The molecule has 0 radical (unpaired) electrons. The highest BCUT2D eigenvalue weighted by molar-refractivity contribution is 3.35. The number of halogens is 2. The predicted octanol–water partition coefficient (Wildman–Crippen LogP) is -7.18. The molecule has 0 aromatic rings. The van der Waals surface area contributed by atoms with Crippen LogP contribution in [0.3, 0.4) is 0 Å². The second-order valence-corrected chi connectivity index (χ2v) is 0.577. The summed E-state index contributed by atoms with van der Waals surface area (Å²) in [5.41, 5.74) is 0. The van der Waals surface area contributed by atoms with Gasteiger partial charge in [-0.1, -0.05) is 0 Å². The second-order valence-electron chi connectivity index (χ2n) is 0.577. The van der Waals surface area contributed by atoms with E-state index in [1.165, 1.54) is 0 Å². The highest BCUT2D eigenvalue weighted by atomic mass is 35.5. The fourth-order valence-electron chi connectivity index (χ4n) is 0. The number of hydrogen-bond donors (Lipinski definition) is 1. The summed E-state index contributed by atoms with van der Waals surface area (Å²) in [6, 6.07) is 0.